The molecule has 8 heteroatoms. The zero-order chi connectivity index (χ0) is 17.3. The summed E-state index contributed by atoms with van der Waals surface area (Å²) in [6, 6.07) is 3.38. The number of hydrogen-bond donors (Lipinski definition) is 0. The Balaban J connectivity index is 1.60. The first-order valence-electron chi connectivity index (χ1n) is 8.36. The molecule has 0 bridgehead atoms. The van der Waals surface area contributed by atoms with Gasteiger partial charge in [-0.25, -0.2) is 8.42 Å². The molecule has 6 nitrogen and oxygen atoms in total. The van der Waals surface area contributed by atoms with E-state index in [0.29, 0.717) is 43.2 Å². The molecule has 0 N–H and O–H groups in total. The van der Waals surface area contributed by atoms with E-state index in [0.717, 1.165) is 0 Å². The van der Waals surface area contributed by atoms with Gasteiger partial charge in [-0.1, -0.05) is 6.07 Å². The van der Waals surface area contributed by atoms with Crippen LogP contribution in [0.15, 0.2) is 21.7 Å². The molecule has 0 aromatic carbocycles. The highest BCUT2D eigenvalue weighted by molar-refractivity contribution is 7.91. The number of thiophene rings is 1. The predicted molar refractivity (Wildman–Crippen MR) is 92.4 cm³/mol. The number of rotatable bonds is 3. The van der Waals surface area contributed by atoms with Gasteiger partial charge in [-0.15, -0.1) is 11.3 Å². The molecule has 0 aliphatic carbocycles. The Labute approximate surface area is 147 Å². The van der Waals surface area contributed by atoms with E-state index in [1.165, 1.54) is 15.6 Å². The van der Waals surface area contributed by atoms with E-state index in [-0.39, 0.29) is 24.0 Å². The van der Waals surface area contributed by atoms with Crippen molar-refractivity contribution in [3.05, 3.63) is 17.5 Å². The third kappa shape index (κ3) is 3.66. The average molecular weight is 373 g/mol. The fourth-order valence-electron chi connectivity index (χ4n) is 3.50. The molecule has 1 amide bonds. The van der Waals surface area contributed by atoms with E-state index in [1.54, 1.807) is 17.5 Å². The van der Waals surface area contributed by atoms with Gasteiger partial charge in [0.25, 0.3) is 10.0 Å². The van der Waals surface area contributed by atoms with Crippen LogP contribution >= 0.6 is 11.3 Å². The van der Waals surface area contributed by atoms with Gasteiger partial charge >= 0.3 is 0 Å². The summed E-state index contributed by atoms with van der Waals surface area (Å²) in [5, 5.41) is 1.77. The lowest BCUT2D eigenvalue weighted by molar-refractivity contribution is -0.148. The van der Waals surface area contributed by atoms with Crippen molar-refractivity contribution in [1.82, 2.24) is 9.21 Å². The van der Waals surface area contributed by atoms with Crippen LogP contribution in [0.1, 0.15) is 26.7 Å². The van der Waals surface area contributed by atoms with Crippen LogP contribution in [-0.4, -0.2) is 61.9 Å². The topological polar surface area (TPSA) is 66.9 Å². The maximum atomic E-state index is 12.7. The molecule has 2 aliphatic rings. The summed E-state index contributed by atoms with van der Waals surface area (Å²) >= 11 is 1.24. The summed E-state index contributed by atoms with van der Waals surface area (Å²) in [6.07, 6.45) is 1.28. The van der Waals surface area contributed by atoms with E-state index < -0.39 is 10.0 Å². The van der Waals surface area contributed by atoms with E-state index in [9.17, 15) is 13.2 Å². The maximum Gasteiger partial charge on any atom is 0.252 e. The molecule has 0 radical (unpaired) electrons. The first kappa shape index (κ1) is 17.8. The van der Waals surface area contributed by atoms with E-state index in [2.05, 4.69) is 0 Å². The summed E-state index contributed by atoms with van der Waals surface area (Å²) in [6.45, 7) is 6.02. The summed E-state index contributed by atoms with van der Waals surface area (Å²) in [7, 11) is -3.40. The van der Waals surface area contributed by atoms with Crippen LogP contribution in [-0.2, 0) is 19.6 Å². The highest BCUT2D eigenvalue weighted by Gasteiger charge is 2.36. The average Bonchev–Trinajstić information content (AvgIpc) is 3.08. The normalized spacial score (nSPS) is 27.3. The second kappa shape index (κ2) is 7.11. The SMILES string of the molecule is C[C@@H]1CN(C(=O)C2CCN(S(=O)(=O)c3cccs3)CC2)C[C@H](C)O1. The minimum absolute atomic E-state index is 0.0528. The van der Waals surface area contributed by atoms with Crippen molar-refractivity contribution < 1.29 is 17.9 Å². The molecule has 0 spiro atoms. The smallest absolute Gasteiger partial charge is 0.252 e. The summed E-state index contributed by atoms with van der Waals surface area (Å²) in [5.74, 6) is 0.0578. The molecule has 2 fully saturated rings. The Kier molecular flexibility index (Phi) is 5.29. The van der Waals surface area contributed by atoms with E-state index >= 15 is 0 Å². The summed E-state index contributed by atoms with van der Waals surface area (Å²) in [4.78, 5) is 14.6. The summed E-state index contributed by atoms with van der Waals surface area (Å²) in [5.41, 5.74) is 0. The predicted octanol–water partition coefficient (Wildman–Crippen LogP) is 1.78. The zero-order valence-corrected chi connectivity index (χ0v) is 15.7. The monoisotopic (exact) mass is 372 g/mol. The first-order valence-corrected chi connectivity index (χ1v) is 10.7. The molecular formula is C16H24N2O4S2. The third-order valence-corrected chi connectivity index (χ3v) is 7.90. The Hall–Kier alpha value is -0.960. The molecule has 2 atom stereocenters. The van der Waals surface area contributed by atoms with Crippen LogP contribution < -0.4 is 0 Å². The Morgan fingerprint density at radius 2 is 1.83 bits per heavy atom. The fourth-order valence-corrected chi connectivity index (χ4v) is 6.11. The van der Waals surface area contributed by atoms with Crippen LogP contribution in [0.2, 0.25) is 0 Å². The molecule has 1 aromatic rings. The Morgan fingerprint density at radius 1 is 1.21 bits per heavy atom. The summed E-state index contributed by atoms with van der Waals surface area (Å²) < 4.78 is 32.6. The fraction of sp³-hybridized carbons (Fsp3) is 0.688. The van der Waals surface area contributed by atoms with Gasteiger partial charge in [-0.05, 0) is 38.1 Å². The van der Waals surface area contributed by atoms with Crippen molar-refractivity contribution in [2.45, 2.75) is 43.1 Å². The zero-order valence-electron chi connectivity index (χ0n) is 14.1. The molecule has 134 valence electrons. The number of morpholine rings is 1. The maximum absolute atomic E-state index is 12.7. The molecule has 0 saturated carbocycles. The molecule has 2 aliphatic heterocycles. The van der Waals surface area contributed by atoms with Gasteiger partial charge < -0.3 is 9.64 Å². The van der Waals surface area contributed by atoms with Gasteiger partial charge in [-0.2, -0.15) is 4.31 Å². The lowest BCUT2D eigenvalue weighted by atomic mass is 9.96. The molecule has 24 heavy (non-hydrogen) atoms. The van der Waals surface area contributed by atoms with Gasteiger partial charge in [0, 0.05) is 32.1 Å². The minimum Gasteiger partial charge on any atom is -0.372 e. The van der Waals surface area contributed by atoms with Crippen molar-refractivity contribution in [2.24, 2.45) is 5.92 Å². The van der Waals surface area contributed by atoms with Gasteiger partial charge in [0.2, 0.25) is 5.91 Å². The molecule has 2 saturated heterocycles. The molecule has 1 aromatic heterocycles. The van der Waals surface area contributed by atoms with Crippen molar-refractivity contribution in [2.75, 3.05) is 26.2 Å². The Bertz CT molecular complexity index is 656. The highest BCUT2D eigenvalue weighted by atomic mass is 32.2. The quantitative estimate of drug-likeness (QED) is 0.811. The Morgan fingerprint density at radius 3 is 2.38 bits per heavy atom. The molecule has 0 unspecified atom stereocenters. The van der Waals surface area contributed by atoms with E-state index in [4.69, 9.17) is 4.74 Å². The van der Waals surface area contributed by atoms with Gasteiger partial charge in [-0.3, -0.25) is 4.79 Å². The number of piperidine rings is 1. The molecule has 3 rings (SSSR count). The number of carbonyl (C=O) groups is 1. The molecule has 3 heterocycles. The second-order valence-corrected chi connectivity index (χ2v) is 9.72. The number of nitrogens with zero attached hydrogens (tertiary/aromatic N) is 2. The lowest BCUT2D eigenvalue weighted by Gasteiger charge is -2.39. The van der Waals surface area contributed by atoms with Crippen LogP contribution in [0, 0.1) is 5.92 Å². The second-order valence-electron chi connectivity index (χ2n) is 6.61. The van der Waals surface area contributed by atoms with Gasteiger partial charge in [0.1, 0.15) is 4.21 Å². The lowest BCUT2D eigenvalue weighted by Crippen LogP contribution is -2.51. The van der Waals surface area contributed by atoms with Crippen LogP contribution in [0.3, 0.4) is 0 Å². The standard InChI is InChI=1S/C16H24N2O4S2/c1-12-10-17(11-13(2)22-12)16(19)14-5-7-18(8-6-14)24(20,21)15-4-3-9-23-15/h3-4,9,12-14H,5-8,10-11H2,1-2H3/t12-,13+. The van der Waals surface area contributed by atoms with E-state index in [1.807, 2.05) is 18.7 Å². The number of amides is 1. The van der Waals surface area contributed by atoms with Crippen LogP contribution in [0.5, 0.6) is 0 Å². The van der Waals surface area contributed by atoms with Crippen LogP contribution in [0.4, 0.5) is 0 Å². The number of carbonyl (C=O) groups excluding carboxylic acids is 1. The first-order chi connectivity index (χ1) is 11.4. The minimum atomic E-state index is -3.40. The largest absolute Gasteiger partial charge is 0.372 e. The van der Waals surface area contributed by atoms with Gasteiger partial charge in [0.15, 0.2) is 0 Å². The van der Waals surface area contributed by atoms with Crippen LogP contribution in [0.25, 0.3) is 0 Å². The number of ether oxygens (including phenoxy) is 1. The number of hydrogen-bond acceptors (Lipinski definition) is 5. The third-order valence-electron chi connectivity index (χ3n) is 4.62. The van der Waals surface area contributed by atoms with Crippen molar-refractivity contribution >= 4 is 27.3 Å². The number of sulfonamides is 1. The highest BCUT2D eigenvalue weighted by Crippen LogP contribution is 2.27. The molecular weight excluding hydrogens is 348 g/mol. The van der Waals surface area contributed by atoms with Crippen molar-refractivity contribution in [3.63, 3.8) is 0 Å². The van der Waals surface area contributed by atoms with Crippen molar-refractivity contribution in [3.8, 4) is 0 Å². The van der Waals surface area contributed by atoms with Gasteiger partial charge in [0.05, 0.1) is 12.2 Å². The van der Waals surface area contributed by atoms with Crippen molar-refractivity contribution in [1.29, 1.82) is 0 Å².